The highest BCUT2D eigenvalue weighted by molar-refractivity contribution is 6.00. The van der Waals surface area contributed by atoms with Gasteiger partial charge in [0.05, 0.1) is 22.5 Å². The van der Waals surface area contributed by atoms with Crippen molar-refractivity contribution in [1.29, 1.82) is 0 Å². The van der Waals surface area contributed by atoms with Gasteiger partial charge in [-0.05, 0) is 55.3 Å². The minimum atomic E-state index is -0.571. The second-order valence-corrected chi connectivity index (χ2v) is 9.67. The molecule has 0 saturated heterocycles. The maximum absolute atomic E-state index is 15.5. The third-order valence-electron chi connectivity index (χ3n) is 7.15. The van der Waals surface area contributed by atoms with E-state index in [-0.39, 0.29) is 17.2 Å². The molecular formula is C27H27FN8O2. The minimum absolute atomic E-state index is 0.0555. The van der Waals surface area contributed by atoms with Gasteiger partial charge >= 0.3 is 0 Å². The SMILES string of the molecule is Cc1c(-c2cc3nc(Nc4cc5c(cc4C(N)=O)CCN(C)C5)ncc3c(N)c2F)cnc2c1NCCO2. The molecule has 0 aliphatic carbocycles. The predicted molar refractivity (Wildman–Crippen MR) is 144 cm³/mol. The van der Waals surface area contributed by atoms with Gasteiger partial charge in [-0.2, -0.15) is 0 Å². The molecule has 0 saturated carbocycles. The van der Waals surface area contributed by atoms with Crippen molar-refractivity contribution in [3.8, 4) is 17.0 Å². The number of likely N-dealkylation sites (N-methyl/N-ethyl adjacent to an activating group) is 1. The van der Waals surface area contributed by atoms with Crippen molar-refractivity contribution < 1.29 is 13.9 Å². The van der Waals surface area contributed by atoms with Gasteiger partial charge in [-0.3, -0.25) is 4.79 Å². The Hall–Kier alpha value is -4.51. The minimum Gasteiger partial charge on any atom is -0.474 e. The molecule has 194 valence electrons. The third kappa shape index (κ3) is 4.01. The van der Waals surface area contributed by atoms with Crippen LogP contribution in [0, 0.1) is 12.7 Å². The van der Waals surface area contributed by atoms with Gasteiger partial charge in [-0.15, -0.1) is 0 Å². The number of nitrogen functional groups attached to an aromatic ring is 1. The second kappa shape index (κ2) is 9.10. The summed E-state index contributed by atoms with van der Waals surface area (Å²) in [6, 6.07) is 5.38. The molecule has 2 aromatic heterocycles. The first kappa shape index (κ1) is 23.9. The number of hydrogen-bond donors (Lipinski definition) is 4. The van der Waals surface area contributed by atoms with Crippen molar-refractivity contribution >= 4 is 39.8 Å². The summed E-state index contributed by atoms with van der Waals surface area (Å²) >= 11 is 0. The highest BCUT2D eigenvalue weighted by Gasteiger charge is 2.22. The predicted octanol–water partition coefficient (Wildman–Crippen LogP) is 3.36. The van der Waals surface area contributed by atoms with Crippen molar-refractivity contribution in [2.45, 2.75) is 19.9 Å². The van der Waals surface area contributed by atoms with E-state index in [1.165, 1.54) is 6.20 Å². The maximum atomic E-state index is 15.5. The molecule has 1 amide bonds. The summed E-state index contributed by atoms with van der Waals surface area (Å²) in [6.07, 6.45) is 3.88. The topological polar surface area (TPSA) is 144 Å². The van der Waals surface area contributed by atoms with Crippen LogP contribution in [0.2, 0.25) is 0 Å². The number of fused-ring (bicyclic) bond motifs is 3. The van der Waals surface area contributed by atoms with Crippen LogP contribution in [0.15, 0.2) is 30.6 Å². The Bertz CT molecular complexity index is 1620. The highest BCUT2D eigenvalue weighted by atomic mass is 19.1. The van der Waals surface area contributed by atoms with Gasteiger partial charge in [0.2, 0.25) is 11.8 Å². The molecule has 4 aromatic rings. The molecule has 0 radical (unpaired) electrons. The summed E-state index contributed by atoms with van der Waals surface area (Å²) in [7, 11) is 2.05. The van der Waals surface area contributed by atoms with Crippen LogP contribution in [0.25, 0.3) is 22.0 Å². The molecule has 6 rings (SSSR count). The fourth-order valence-corrected chi connectivity index (χ4v) is 5.10. The Balaban J connectivity index is 1.43. The number of nitrogens with one attached hydrogen (secondary N) is 2. The number of halogens is 1. The molecule has 0 fully saturated rings. The van der Waals surface area contributed by atoms with Crippen LogP contribution in [0.3, 0.4) is 0 Å². The Kier molecular flexibility index (Phi) is 5.72. The number of pyridine rings is 1. The van der Waals surface area contributed by atoms with Crippen molar-refractivity contribution in [2.24, 2.45) is 5.73 Å². The molecule has 0 bridgehead atoms. The second-order valence-electron chi connectivity index (χ2n) is 9.67. The smallest absolute Gasteiger partial charge is 0.250 e. The molecule has 2 aromatic carbocycles. The van der Waals surface area contributed by atoms with Crippen molar-refractivity contribution in [3.63, 3.8) is 0 Å². The van der Waals surface area contributed by atoms with Crippen LogP contribution in [0.5, 0.6) is 5.88 Å². The molecule has 11 heteroatoms. The standard InChI is InChI=1S/C27H27FN8O2/c1-13-18(10-32-26-24(13)31-4-6-38-26)16-9-21-19(23(29)22(16)28)11-33-27(35-21)34-20-8-15-12-36(2)5-3-14(15)7-17(20)25(30)37/h7-11,31H,3-6,12,29H2,1-2H3,(H2,30,37)(H,33,34,35). The van der Waals surface area contributed by atoms with Crippen LogP contribution >= 0.6 is 0 Å². The number of anilines is 4. The Morgan fingerprint density at radius 3 is 2.84 bits per heavy atom. The number of carbonyl (C=O) groups is 1. The largest absolute Gasteiger partial charge is 0.474 e. The first-order chi connectivity index (χ1) is 18.3. The lowest BCUT2D eigenvalue weighted by Crippen LogP contribution is -2.27. The van der Waals surface area contributed by atoms with Crippen LogP contribution in [-0.2, 0) is 13.0 Å². The van der Waals surface area contributed by atoms with E-state index in [9.17, 15) is 4.79 Å². The van der Waals surface area contributed by atoms with E-state index in [4.69, 9.17) is 16.2 Å². The summed E-state index contributed by atoms with van der Waals surface area (Å²) in [6.45, 7) is 4.70. The molecule has 2 aliphatic heterocycles. The summed E-state index contributed by atoms with van der Waals surface area (Å²) in [4.78, 5) is 27.8. The third-order valence-corrected chi connectivity index (χ3v) is 7.15. The van der Waals surface area contributed by atoms with Gasteiger partial charge < -0.3 is 31.7 Å². The van der Waals surface area contributed by atoms with Gasteiger partial charge in [0.1, 0.15) is 12.3 Å². The maximum Gasteiger partial charge on any atom is 0.250 e. The summed E-state index contributed by atoms with van der Waals surface area (Å²) in [5.41, 5.74) is 17.7. The molecule has 10 nitrogen and oxygen atoms in total. The van der Waals surface area contributed by atoms with Gasteiger partial charge in [0.15, 0.2) is 5.82 Å². The van der Waals surface area contributed by atoms with Gasteiger partial charge in [0, 0.05) is 48.5 Å². The Morgan fingerprint density at radius 2 is 2.03 bits per heavy atom. The monoisotopic (exact) mass is 514 g/mol. The van der Waals surface area contributed by atoms with Crippen LogP contribution in [0.4, 0.5) is 27.4 Å². The van der Waals surface area contributed by atoms with E-state index >= 15 is 4.39 Å². The van der Waals surface area contributed by atoms with Crippen molar-refractivity contribution in [3.05, 3.63) is 58.7 Å². The number of nitrogens with two attached hydrogens (primary N) is 2. The first-order valence-electron chi connectivity index (χ1n) is 12.3. The summed E-state index contributed by atoms with van der Waals surface area (Å²) in [5, 5.41) is 6.79. The van der Waals surface area contributed by atoms with Crippen molar-refractivity contribution in [1.82, 2.24) is 19.9 Å². The average molecular weight is 515 g/mol. The summed E-state index contributed by atoms with van der Waals surface area (Å²) < 4.78 is 21.1. The zero-order valence-corrected chi connectivity index (χ0v) is 21.1. The number of amides is 1. The van der Waals surface area contributed by atoms with E-state index in [1.54, 1.807) is 12.3 Å². The van der Waals surface area contributed by atoms with E-state index in [2.05, 4.69) is 37.5 Å². The molecular weight excluding hydrogens is 487 g/mol. The number of rotatable bonds is 4. The fraction of sp³-hybridized carbons (Fsp3) is 0.259. The van der Waals surface area contributed by atoms with Crippen LogP contribution in [-0.4, -0.2) is 52.5 Å². The molecule has 6 N–H and O–H groups in total. The highest BCUT2D eigenvalue weighted by Crippen LogP contribution is 2.39. The fourth-order valence-electron chi connectivity index (χ4n) is 5.10. The molecule has 0 spiro atoms. The van der Waals surface area contributed by atoms with Crippen molar-refractivity contribution in [2.75, 3.05) is 43.1 Å². The van der Waals surface area contributed by atoms with E-state index in [1.807, 2.05) is 19.1 Å². The lowest BCUT2D eigenvalue weighted by atomic mass is 9.96. The normalized spacial score (nSPS) is 14.8. The molecule has 38 heavy (non-hydrogen) atoms. The van der Waals surface area contributed by atoms with Gasteiger partial charge in [0.25, 0.3) is 5.91 Å². The quantitative estimate of drug-likeness (QED) is 0.301. The van der Waals surface area contributed by atoms with Gasteiger partial charge in [-0.25, -0.2) is 19.3 Å². The zero-order valence-electron chi connectivity index (χ0n) is 21.1. The lowest BCUT2D eigenvalue weighted by Gasteiger charge is -2.26. The Labute approximate surface area is 218 Å². The van der Waals surface area contributed by atoms with E-state index in [0.717, 1.165) is 41.9 Å². The average Bonchev–Trinajstić information content (AvgIpc) is 2.90. The number of ether oxygens (including phenoxy) is 1. The van der Waals surface area contributed by atoms with Crippen LogP contribution in [0.1, 0.15) is 27.0 Å². The number of primary amides is 1. The van der Waals surface area contributed by atoms with E-state index < -0.39 is 11.7 Å². The first-order valence-corrected chi connectivity index (χ1v) is 12.3. The lowest BCUT2D eigenvalue weighted by molar-refractivity contribution is 0.100. The van der Waals surface area contributed by atoms with E-state index in [0.29, 0.717) is 46.7 Å². The molecule has 4 heterocycles. The molecule has 0 atom stereocenters. The van der Waals surface area contributed by atoms with Gasteiger partial charge in [-0.1, -0.05) is 0 Å². The molecule has 0 unspecified atom stereocenters. The number of carbonyl (C=O) groups excluding carboxylic acids is 1. The molecule has 2 aliphatic rings. The number of hydrogen-bond acceptors (Lipinski definition) is 9. The number of benzene rings is 2. The zero-order chi connectivity index (χ0) is 26.6. The number of nitrogens with zero attached hydrogens (tertiary/aromatic N) is 4. The Morgan fingerprint density at radius 1 is 1.18 bits per heavy atom. The van der Waals surface area contributed by atoms with Crippen LogP contribution < -0.4 is 26.8 Å². The summed E-state index contributed by atoms with van der Waals surface area (Å²) in [5.74, 6) is -0.395. The number of aromatic nitrogens is 3.